The Balaban J connectivity index is 1.51. The minimum Gasteiger partial charge on any atom is -0.493 e. The van der Waals surface area contributed by atoms with Gasteiger partial charge in [0.15, 0.2) is 11.5 Å². The van der Waals surface area contributed by atoms with Gasteiger partial charge in [0.1, 0.15) is 0 Å². The summed E-state index contributed by atoms with van der Waals surface area (Å²) in [5.74, 6) is 1.40. The zero-order valence-electron chi connectivity index (χ0n) is 17.4. The van der Waals surface area contributed by atoms with Gasteiger partial charge in [-0.3, -0.25) is 4.79 Å². The molecule has 1 aliphatic heterocycles. The molecule has 1 N–H and O–H groups in total. The van der Waals surface area contributed by atoms with Crippen molar-refractivity contribution in [3.05, 3.63) is 53.6 Å². The van der Waals surface area contributed by atoms with Crippen LogP contribution in [0.15, 0.2) is 42.5 Å². The monoisotopic (exact) mass is 398 g/mol. The molecule has 1 saturated heterocycles. The van der Waals surface area contributed by atoms with Crippen LogP contribution in [0.2, 0.25) is 0 Å². The van der Waals surface area contributed by atoms with Crippen molar-refractivity contribution in [2.75, 3.05) is 45.4 Å². The Bertz CT molecular complexity index is 801. The smallest absolute Gasteiger partial charge is 0.220 e. The topological polar surface area (TPSA) is 60.0 Å². The number of rotatable bonds is 8. The van der Waals surface area contributed by atoms with E-state index in [1.807, 2.05) is 25.1 Å². The van der Waals surface area contributed by atoms with Gasteiger partial charge in [0.05, 0.1) is 33.5 Å². The van der Waals surface area contributed by atoms with E-state index in [-0.39, 0.29) is 11.9 Å². The van der Waals surface area contributed by atoms with E-state index in [4.69, 9.17) is 14.2 Å². The molecule has 6 nitrogen and oxygen atoms in total. The van der Waals surface area contributed by atoms with Crippen LogP contribution >= 0.6 is 0 Å². The maximum Gasteiger partial charge on any atom is 0.220 e. The van der Waals surface area contributed by atoms with Crippen LogP contribution < -0.4 is 19.7 Å². The molecule has 2 aromatic rings. The second kappa shape index (κ2) is 10.2. The highest BCUT2D eigenvalue weighted by molar-refractivity contribution is 5.76. The Morgan fingerprint density at radius 1 is 1.07 bits per heavy atom. The van der Waals surface area contributed by atoms with Gasteiger partial charge < -0.3 is 24.4 Å². The van der Waals surface area contributed by atoms with E-state index >= 15 is 0 Å². The number of aryl methyl sites for hydroxylation is 1. The summed E-state index contributed by atoms with van der Waals surface area (Å²) in [6.45, 7) is 5.39. The Hall–Kier alpha value is -2.73. The summed E-state index contributed by atoms with van der Waals surface area (Å²) >= 11 is 0. The van der Waals surface area contributed by atoms with Crippen LogP contribution in [0.4, 0.5) is 5.69 Å². The number of methoxy groups -OCH3 is 2. The van der Waals surface area contributed by atoms with Crippen molar-refractivity contribution >= 4 is 11.6 Å². The maximum atomic E-state index is 12.4. The first-order valence-corrected chi connectivity index (χ1v) is 10.0. The fourth-order valence-electron chi connectivity index (χ4n) is 3.49. The van der Waals surface area contributed by atoms with Gasteiger partial charge in [-0.1, -0.05) is 18.2 Å². The van der Waals surface area contributed by atoms with Crippen LogP contribution in [0.3, 0.4) is 0 Å². The number of benzene rings is 2. The lowest BCUT2D eigenvalue weighted by Crippen LogP contribution is -2.36. The fraction of sp³-hybridized carbons (Fsp3) is 0.435. The zero-order chi connectivity index (χ0) is 20.6. The molecule has 156 valence electrons. The highest BCUT2D eigenvalue weighted by Crippen LogP contribution is 2.28. The molecule has 0 spiro atoms. The first-order valence-electron chi connectivity index (χ1n) is 10.0. The molecule has 2 aromatic carbocycles. The van der Waals surface area contributed by atoms with E-state index in [9.17, 15) is 4.79 Å². The summed E-state index contributed by atoms with van der Waals surface area (Å²) in [5, 5.41) is 3.09. The quantitative estimate of drug-likeness (QED) is 0.739. The van der Waals surface area contributed by atoms with Crippen molar-refractivity contribution in [3.8, 4) is 11.5 Å². The molecule has 0 saturated carbocycles. The van der Waals surface area contributed by atoms with Crippen molar-refractivity contribution in [1.29, 1.82) is 0 Å². The normalized spacial score (nSPS) is 14.9. The number of nitrogens with zero attached hydrogens (tertiary/aromatic N) is 1. The lowest BCUT2D eigenvalue weighted by Gasteiger charge is -2.29. The van der Waals surface area contributed by atoms with E-state index in [1.54, 1.807) is 14.2 Å². The molecule has 6 heteroatoms. The predicted octanol–water partition coefficient (Wildman–Crippen LogP) is 3.35. The van der Waals surface area contributed by atoms with E-state index in [0.717, 1.165) is 37.4 Å². The number of hydrogen-bond acceptors (Lipinski definition) is 5. The first-order chi connectivity index (χ1) is 14.1. The van der Waals surface area contributed by atoms with Crippen molar-refractivity contribution < 1.29 is 19.0 Å². The Morgan fingerprint density at radius 3 is 2.41 bits per heavy atom. The van der Waals surface area contributed by atoms with Gasteiger partial charge in [-0.25, -0.2) is 0 Å². The van der Waals surface area contributed by atoms with E-state index in [2.05, 4.69) is 34.5 Å². The molecule has 1 fully saturated rings. The van der Waals surface area contributed by atoms with Gasteiger partial charge >= 0.3 is 0 Å². The summed E-state index contributed by atoms with van der Waals surface area (Å²) in [6, 6.07) is 14.1. The molecular formula is C23H30N2O4. The van der Waals surface area contributed by atoms with Crippen LogP contribution in [-0.2, 0) is 16.0 Å². The molecule has 1 unspecified atom stereocenters. The molecule has 1 atom stereocenters. The SMILES string of the molecule is COc1ccc(CCC(=O)NC(C)c2ccc(N3CCOCC3)cc2)cc1OC. The van der Waals surface area contributed by atoms with Crippen LogP contribution in [0, 0.1) is 0 Å². The van der Waals surface area contributed by atoms with Crippen molar-refractivity contribution in [3.63, 3.8) is 0 Å². The molecule has 29 heavy (non-hydrogen) atoms. The summed E-state index contributed by atoms with van der Waals surface area (Å²) in [5.41, 5.74) is 3.34. The summed E-state index contributed by atoms with van der Waals surface area (Å²) in [7, 11) is 3.22. The molecule has 0 aliphatic carbocycles. The van der Waals surface area contributed by atoms with E-state index < -0.39 is 0 Å². The number of morpholine rings is 1. The fourth-order valence-corrected chi connectivity index (χ4v) is 3.49. The van der Waals surface area contributed by atoms with Crippen LogP contribution in [-0.4, -0.2) is 46.4 Å². The Morgan fingerprint density at radius 2 is 1.76 bits per heavy atom. The van der Waals surface area contributed by atoms with Gasteiger partial charge in [0.2, 0.25) is 5.91 Å². The second-order valence-electron chi connectivity index (χ2n) is 7.17. The van der Waals surface area contributed by atoms with Gasteiger partial charge in [-0.2, -0.15) is 0 Å². The van der Waals surface area contributed by atoms with Crippen LogP contribution in [0.1, 0.15) is 30.5 Å². The first kappa shape index (κ1) is 21.0. The number of nitrogens with one attached hydrogen (secondary N) is 1. The number of carbonyl (C=O) groups excluding carboxylic acids is 1. The zero-order valence-corrected chi connectivity index (χ0v) is 17.4. The third-order valence-electron chi connectivity index (χ3n) is 5.24. The van der Waals surface area contributed by atoms with Crippen molar-refractivity contribution in [1.82, 2.24) is 5.32 Å². The largest absolute Gasteiger partial charge is 0.493 e. The highest BCUT2D eigenvalue weighted by atomic mass is 16.5. The van der Waals surface area contributed by atoms with Gasteiger partial charge in [0.25, 0.3) is 0 Å². The second-order valence-corrected chi connectivity index (χ2v) is 7.17. The van der Waals surface area contributed by atoms with E-state index in [1.165, 1.54) is 5.69 Å². The Kier molecular flexibility index (Phi) is 7.36. The maximum absolute atomic E-state index is 12.4. The third-order valence-corrected chi connectivity index (χ3v) is 5.24. The lowest BCUT2D eigenvalue weighted by molar-refractivity contribution is -0.121. The van der Waals surface area contributed by atoms with E-state index in [0.29, 0.717) is 24.3 Å². The molecule has 1 aliphatic rings. The predicted molar refractivity (Wildman–Crippen MR) is 114 cm³/mol. The summed E-state index contributed by atoms with van der Waals surface area (Å²) < 4.78 is 16.0. The molecule has 1 heterocycles. The Labute approximate surface area is 172 Å². The molecule has 0 aromatic heterocycles. The lowest BCUT2D eigenvalue weighted by atomic mass is 10.1. The summed E-state index contributed by atoms with van der Waals surface area (Å²) in [4.78, 5) is 14.7. The number of carbonyl (C=O) groups is 1. The number of amides is 1. The van der Waals surface area contributed by atoms with Crippen LogP contribution in [0.25, 0.3) is 0 Å². The van der Waals surface area contributed by atoms with Crippen molar-refractivity contribution in [2.45, 2.75) is 25.8 Å². The number of ether oxygens (including phenoxy) is 3. The number of anilines is 1. The average Bonchev–Trinajstić information content (AvgIpc) is 2.78. The molecule has 0 bridgehead atoms. The van der Waals surface area contributed by atoms with Crippen LogP contribution in [0.5, 0.6) is 11.5 Å². The molecule has 1 amide bonds. The molecular weight excluding hydrogens is 368 g/mol. The highest BCUT2D eigenvalue weighted by Gasteiger charge is 2.14. The molecule has 3 rings (SSSR count). The standard InChI is InChI=1S/C23H30N2O4/c1-17(19-6-8-20(9-7-19)25-12-14-29-15-13-25)24-23(26)11-5-18-4-10-21(27-2)22(16-18)28-3/h4,6-10,16-17H,5,11-15H2,1-3H3,(H,24,26). The van der Waals surface area contributed by atoms with Gasteiger partial charge in [-0.15, -0.1) is 0 Å². The number of hydrogen-bond donors (Lipinski definition) is 1. The third kappa shape index (κ3) is 5.64. The van der Waals surface area contributed by atoms with Gasteiger partial charge in [0, 0.05) is 25.2 Å². The average molecular weight is 399 g/mol. The minimum atomic E-state index is -0.0355. The van der Waals surface area contributed by atoms with Crippen molar-refractivity contribution in [2.24, 2.45) is 0 Å². The minimum absolute atomic E-state index is 0.0320. The molecule has 0 radical (unpaired) electrons. The summed E-state index contributed by atoms with van der Waals surface area (Å²) in [6.07, 6.45) is 1.07. The van der Waals surface area contributed by atoms with Gasteiger partial charge in [-0.05, 0) is 48.7 Å².